The first-order valence-corrected chi connectivity index (χ1v) is 5.78. The van der Waals surface area contributed by atoms with E-state index in [0.717, 1.165) is 12.2 Å². The van der Waals surface area contributed by atoms with Gasteiger partial charge in [0, 0.05) is 12.2 Å². The second kappa shape index (κ2) is 4.85. The van der Waals surface area contributed by atoms with Gasteiger partial charge in [-0.25, -0.2) is 0 Å². The van der Waals surface area contributed by atoms with Crippen molar-refractivity contribution in [1.82, 2.24) is 4.90 Å². The van der Waals surface area contributed by atoms with Gasteiger partial charge >= 0.3 is 0 Å². The van der Waals surface area contributed by atoms with Crippen molar-refractivity contribution in [3.8, 4) is 0 Å². The monoisotopic (exact) mass is 234 g/mol. The Morgan fingerprint density at radius 1 is 1.47 bits per heavy atom. The number of anilines is 1. The molecule has 17 heavy (non-hydrogen) atoms. The summed E-state index contributed by atoms with van der Waals surface area (Å²) < 4.78 is 0. The molecule has 1 aromatic rings. The van der Waals surface area contributed by atoms with E-state index in [1.54, 1.807) is 4.90 Å². The number of nitrogens with zero attached hydrogens (tertiary/aromatic N) is 2. The number of β-amino-alcohol motifs (C(OH)–C–C–N with tert-alkyl or cyclic N) is 1. The fraction of sp³-hybridized carbons (Fsp3) is 0.462. The van der Waals surface area contributed by atoms with Gasteiger partial charge in [0.2, 0.25) is 5.91 Å². The number of aliphatic hydroxyl groups is 1. The highest BCUT2D eigenvalue weighted by molar-refractivity contribution is 5.96. The standard InChI is InChI=1S/C13H18N2O2/c1-14(2)8-10-4-3-5-11(6-10)15-9-12(16)7-13(15)17/h3-6,12,16H,7-9H2,1-2H3. The molecule has 1 atom stereocenters. The molecule has 1 fully saturated rings. The van der Waals surface area contributed by atoms with Gasteiger partial charge < -0.3 is 14.9 Å². The summed E-state index contributed by atoms with van der Waals surface area (Å²) in [6, 6.07) is 7.91. The van der Waals surface area contributed by atoms with Crippen molar-refractivity contribution in [2.45, 2.75) is 19.1 Å². The van der Waals surface area contributed by atoms with Crippen LogP contribution in [-0.4, -0.2) is 42.7 Å². The summed E-state index contributed by atoms with van der Waals surface area (Å²) >= 11 is 0. The quantitative estimate of drug-likeness (QED) is 0.843. The molecule has 1 heterocycles. The van der Waals surface area contributed by atoms with Crippen LogP contribution in [0.15, 0.2) is 24.3 Å². The first kappa shape index (κ1) is 12.1. The van der Waals surface area contributed by atoms with Gasteiger partial charge in [0.15, 0.2) is 0 Å². The van der Waals surface area contributed by atoms with Crippen LogP contribution in [0.4, 0.5) is 5.69 Å². The molecule has 1 aliphatic heterocycles. The Labute approximate surface area is 101 Å². The zero-order chi connectivity index (χ0) is 12.4. The van der Waals surface area contributed by atoms with Crippen molar-refractivity contribution in [1.29, 1.82) is 0 Å². The van der Waals surface area contributed by atoms with Crippen molar-refractivity contribution in [2.24, 2.45) is 0 Å². The van der Waals surface area contributed by atoms with Gasteiger partial charge in [0.05, 0.1) is 19.1 Å². The molecule has 1 saturated heterocycles. The molecule has 1 aliphatic rings. The van der Waals surface area contributed by atoms with Crippen LogP contribution in [0.5, 0.6) is 0 Å². The molecule has 0 saturated carbocycles. The van der Waals surface area contributed by atoms with E-state index >= 15 is 0 Å². The van der Waals surface area contributed by atoms with Crippen LogP contribution >= 0.6 is 0 Å². The molecular weight excluding hydrogens is 216 g/mol. The summed E-state index contributed by atoms with van der Waals surface area (Å²) in [4.78, 5) is 15.4. The Morgan fingerprint density at radius 2 is 2.24 bits per heavy atom. The molecular formula is C13H18N2O2. The van der Waals surface area contributed by atoms with E-state index in [2.05, 4.69) is 4.90 Å². The van der Waals surface area contributed by atoms with E-state index in [0.29, 0.717) is 6.54 Å². The van der Waals surface area contributed by atoms with Gasteiger partial charge in [-0.3, -0.25) is 4.79 Å². The van der Waals surface area contributed by atoms with E-state index in [1.807, 2.05) is 38.4 Å². The van der Waals surface area contributed by atoms with Gasteiger partial charge in [-0.05, 0) is 31.8 Å². The summed E-state index contributed by atoms with van der Waals surface area (Å²) in [5.74, 6) is -0.000460. The van der Waals surface area contributed by atoms with E-state index < -0.39 is 6.10 Å². The van der Waals surface area contributed by atoms with Gasteiger partial charge in [0.1, 0.15) is 0 Å². The van der Waals surface area contributed by atoms with Crippen LogP contribution in [0, 0.1) is 0 Å². The minimum atomic E-state index is -0.528. The van der Waals surface area contributed by atoms with E-state index in [4.69, 9.17) is 0 Å². The number of carbonyl (C=O) groups is 1. The Bertz CT molecular complexity index is 418. The number of carbonyl (C=O) groups excluding carboxylic acids is 1. The third kappa shape index (κ3) is 2.84. The third-order valence-corrected chi connectivity index (χ3v) is 2.83. The van der Waals surface area contributed by atoms with E-state index in [1.165, 1.54) is 5.56 Å². The average Bonchev–Trinajstić information content (AvgIpc) is 2.57. The molecule has 92 valence electrons. The molecule has 4 nitrogen and oxygen atoms in total. The van der Waals surface area contributed by atoms with Crippen LogP contribution in [0.25, 0.3) is 0 Å². The summed E-state index contributed by atoms with van der Waals surface area (Å²) in [5, 5.41) is 9.48. The maximum absolute atomic E-state index is 11.7. The molecule has 0 aromatic heterocycles. The minimum Gasteiger partial charge on any atom is -0.391 e. The zero-order valence-electron chi connectivity index (χ0n) is 10.3. The lowest BCUT2D eigenvalue weighted by Crippen LogP contribution is -2.25. The van der Waals surface area contributed by atoms with Crippen molar-refractivity contribution >= 4 is 11.6 Å². The second-order valence-electron chi connectivity index (χ2n) is 4.77. The molecule has 0 bridgehead atoms. The number of benzene rings is 1. The van der Waals surface area contributed by atoms with Crippen LogP contribution in [-0.2, 0) is 11.3 Å². The third-order valence-electron chi connectivity index (χ3n) is 2.83. The smallest absolute Gasteiger partial charge is 0.229 e. The SMILES string of the molecule is CN(C)Cc1cccc(N2CC(O)CC2=O)c1. The molecule has 1 N–H and O–H groups in total. The zero-order valence-corrected chi connectivity index (χ0v) is 10.3. The molecule has 1 aromatic carbocycles. The summed E-state index contributed by atoms with van der Waals surface area (Å²) in [6.07, 6.45) is -0.294. The van der Waals surface area contributed by atoms with Crippen LogP contribution in [0.3, 0.4) is 0 Å². The van der Waals surface area contributed by atoms with E-state index in [9.17, 15) is 9.90 Å². The van der Waals surface area contributed by atoms with Crippen molar-refractivity contribution in [2.75, 3.05) is 25.5 Å². The van der Waals surface area contributed by atoms with Gasteiger partial charge in [-0.2, -0.15) is 0 Å². The predicted octanol–water partition coefficient (Wildman–Crippen LogP) is 0.846. The Hall–Kier alpha value is -1.39. The van der Waals surface area contributed by atoms with Gasteiger partial charge in [-0.1, -0.05) is 12.1 Å². The first-order chi connectivity index (χ1) is 8.06. The fourth-order valence-corrected chi connectivity index (χ4v) is 2.13. The van der Waals surface area contributed by atoms with E-state index in [-0.39, 0.29) is 12.3 Å². The van der Waals surface area contributed by atoms with Crippen molar-refractivity contribution in [3.05, 3.63) is 29.8 Å². The molecule has 4 heteroatoms. The highest BCUT2D eigenvalue weighted by Gasteiger charge is 2.28. The minimum absolute atomic E-state index is 0.000460. The Balaban J connectivity index is 2.18. The van der Waals surface area contributed by atoms with Gasteiger partial charge in [0.25, 0.3) is 0 Å². The summed E-state index contributed by atoms with van der Waals surface area (Å²) in [7, 11) is 4.02. The number of amides is 1. The second-order valence-corrected chi connectivity index (χ2v) is 4.77. The Kier molecular flexibility index (Phi) is 3.45. The van der Waals surface area contributed by atoms with Gasteiger partial charge in [-0.15, -0.1) is 0 Å². The average molecular weight is 234 g/mol. The number of aliphatic hydroxyl groups excluding tert-OH is 1. The maximum atomic E-state index is 11.7. The lowest BCUT2D eigenvalue weighted by molar-refractivity contribution is -0.117. The summed E-state index contributed by atoms with van der Waals surface area (Å²) in [6.45, 7) is 1.25. The van der Waals surface area contributed by atoms with Crippen LogP contribution < -0.4 is 4.90 Å². The Morgan fingerprint density at radius 3 is 2.82 bits per heavy atom. The molecule has 1 amide bonds. The summed E-state index contributed by atoms with van der Waals surface area (Å²) in [5.41, 5.74) is 2.05. The molecule has 0 spiro atoms. The van der Waals surface area contributed by atoms with Crippen molar-refractivity contribution < 1.29 is 9.90 Å². The molecule has 0 aliphatic carbocycles. The number of hydrogen-bond donors (Lipinski definition) is 1. The van der Waals surface area contributed by atoms with Crippen LogP contribution in [0.1, 0.15) is 12.0 Å². The lowest BCUT2D eigenvalue weighted by atomic mass is 10.2. The van der Waals surface area contributed by atoms with Crippen LogP contribution in [0.2, 0.25) is 0 Å². The van der Waals surface area contributed by atoms with Crippen molar-refractivity contribution in [3.63, 3.8) is 0 Å². The normalized spacial score (nSPS) is 20.4. The molecule has 2 rings (SSSR count). The largest absolute Gasteiger partial charge is 0.391 e. The fourth-order valence-electron chi connectivity index (χ4n) is 2.13. The highest BCUT2D eigenvalue weighted by atomic mass is 16.3. The lowest BCUT2D eigenvalue weighted by Gasteiger charge is -2.17. The molecule has 0 radical (unpaired) electrons. The predicted molar refractivity (Wildman–Crippen MR) is 66.8 cm³/mol. The maximum Gasteiger partial charge on any atom is 0.229 e. The number of rotatable bonds is 3. The first-order valence-electron chi connectivity index (χ1n) is 5.78. The highest BCUT2D eigenvalue weighted by Crippen LogP contribution is 2.22. The molecule has 1 unspecified atom stereocenters. The topological polar surface area (TPSA) is 43.8 Å². The number of hydrogen-bond acceptors (Lipinski definition) is 3.